The van der Waals surface area contributed by atoms with Crippen molar-refractivity contribution in [2.45, 2.75) is 6.92 Å². The lowest BCUT2D eigenvalue weighted by atomic mass is 10.4. The molecule has 0 atom stereocenters. The van der Waals surface area contributed by atoms with Gasteiger partial charge in [-0.05, 0) is 6.92 Å². The van der Waals surface area contributed by atoms with Gasteiger partial charge in [0.1, 0.15) is 0 Å². The molecule has 3 nitrogen and oxygen atoms in total. The van der Waals surface area contributed by atoms with E-state index < -0.39 is 0 Å². The molecular formula is C7H6N2OS. The van der Waals surface area contributed by atoms with Crippen LogP contribution in [0.4, 0.5) is 0 Å². The van der Waals surface area contributed by atoms with E-state index in [9.17, 15) is 4.79 Å². The third-order valence-electron chi connectivity index (χ3n) is 1.45. The average molecular weight is 167 g/mol. The number of hydrogen-bond acceptors (Lipinski definition) is 3. The predicted molar refractivity (Wildman–Crippen MR) is 44.1 cm³/mol. The van der Waals surface area contributed by atoms with Gasteiger partial charge in [0.05, 0.1) is 1.37 Å². The van der Waals surface area contributed by atoms with Crippen LogP contribution in [0.25, 0.3) is 4.96 Å². The average Bonchev–Trinajstić information content (AvgIpc) is 2.48. The van der Waals surface area contributed by atoms with Crippen molar-refractivity contribution in [2.75, 3.05) is 0 Å². The van der Waals surface area contributed by atoms with Crippen molar-refractivity contribution >= 4 is 16.3 Å². The zero-order valence-electron chi connectivity index (χ0n) is 6.87. The van der Waals surface area contributed by atoms with Gasteiger partial charge in [-0.1, -0.05) is 0 Å². The van der Waals surface area contributed by atoms with Gasteiger partial charge in [-0.15, -0.1) is 11.3 Å². The Kier molecular flexibility index (Phi) is 1.08. The lowest BCUT2D eigenvalue weighted by Gasteiger charge is -1.91. The normalized spacial score (nSPS) is 11.9. The Labute approximate surface area is 68.4 Å². The van der Waals surface area contributed by atoms with Crippen molar-refractivity contribution in [3.8, 4) is 0 Å². The molecule has 2 aromatic rings. The Morgan fingerprint density at radius 3 is 3.45 bits per heavy atom. The molecule has 0 aliphatic rings. The number of aromatic nitrogens is 2. The van der Waals surface area contributed by atoms with Crippen LogP contribution in [-0.2, 0) is 0 Å². The lowest BCUT2D eigenvalue weighted by molar-refractivity contribution is 1.04. The molecule has 0 bridgehead atoms. The molecule has 0 unspecified atom stereocenters. The van der Waals surface area contributed by atoms with E-state index in [-0.39, 0.29) is 11.7 Å². The number of nitrogens with zero attached hydrogens (tertiary/aromatic N) is 2. The van der Waals surface area contributed by atoms with Gasteiger partial charge < -0.3 is 0 Å². The highest BCUT2D eigenvalue weighted by Crippen LogP contribution is 2.04. The summed E-state index contributed by atoms with van der Waals surface area (Å²) in [6.45, 7) is 1.61. The number of rotatable bonds is 0. The van der Waals surface area contributed by atoms with Gasteiger partial charge in [0.25, 0.3) is 5.56 Å². The molecule has 0 aliphatic carbocycles. The molecule has 0 radical (unpaired) electrons. The van der Waals surface area contributed by atoms with Crippen LogP contribution >= 0.6 is 11.3 Å². The monoisotopic (exact) mass is 167 g/mol. The highest BCUT2D eigenvalue weighted by atomic mass is 32.1. The van der Waals surface area contributed by atoms with E-state index in [2.05, 4.69) is 4.98 Å². The smallest absolute Gasteiger partial charge is 0.261 e. The van der Waals surface area contributed by atoms with E-state index in [1.807, 2.05) is 0 Å². The van der Waals surface area contributed by atoms with Gasteiger partial charge in [0, 0.05) is 23.3 Å². The van der Waals surface area contributed by atoms with Crippen LogP contribution in [-0.4, -0.2) is 9.38 Å². The molecule has 56 valence electrons. The molecular weight excluding hydrogens is 160 g/mol. The number of hydrogen-bond donors (Lipinski definition) is 0. The largest absolute Gasteiger partial charge is 0.269 e. The fourth-order valence-electron chi connectivity index (χ4n) is 0.868. The molecule has 0 aliphatic heterocycles. The highest BCUT2D eigenvalue weighted by Gasteiger charge is 1.99. The Morgan fingerprint density at radius 2 is 2.64 bits per heavy atom. The Balaban J connectivity index is 3.05. The Bertz CT molecular complexity index is 488. The van der Waals surface area contributed by atoms with Crippen LogP contribution in [0.3, 0.4) is 0 Å². The van der Waals surface area contributed by atoms with Crippen molar-refractivity contribution < 1.29 is 1.37 Å². The van der Waals surface area contributed by atoms with Gasteiger partial charge in [-0.3, -0.25) is 9.20 Å². The Morgan fingerprint density at radius 1 is 1.82 bits per heavy atom. The number of thiazole rings is 1. The molecule has 4 heteroatoms. The van der Waals surface area contributed by atoms with E-state index in [1.165, 1.54) is 15.7 Å². The van der Waals surface area contributed by atoms with E-state index in [0.29, 0.717) is 10.5 Å². The topological polar surface area (TPSA) is 34.4 Å². The second kappa shape index (κ2) is 2.17. The summed E-state index contributed by atoms with van der Waals surface area (Å²) in [5, 5.41) is 1.78. The van der Waals surface area contributed by atoms with E-state index in [4.69, 9.17) is 1.37 Å². The molecule has 0 spiro atoms. The highest BCUT2D eigenvalue weighted by molar-refractivity contribution is 7.15. The summed E-state index contributed by atoms with van der Waals surface area (Å²) >= 11 is 1.36. The first-order valence-corrected chi connectivity index (χ1v) is 4.01. The van der Waals surface area contributed by atoms with Crippen LogP contribution in [0.2, 0.25) is 0 Å². The SMILES string of the molecule is [2H]c1nc2sccn2c(=O)c1C. The van der Waals surface area contributed by atoms with Gasteiger partial charge in [0.2, 0.25) is 0 Å². The fraction of sp³-hybridized carbons (Fsp3) is 0.143. The van der Waals surface area contributed by atoms with E-state index in [0.717, 1.165) is 0 Å². The maximum absolute atomic E-state index is 11.4. The summed E-state index contributed by atoms with van der Waals surface area (Å²) in [7, 11) is 0. The third kappa shape index (κ3) is 0.867. The van der Waals surface area contributed by atoms with Crippen LogP contribution in [0.1, 0.15) is 6.93 Å². The van der Waals surface area contributed by atoms with Crippen molar-refractivity contribution in [3.05, 3.63) is 33.7 Å². The lowest BCUT2D eigenvalue weighted by Crippen LogP contribution is -2.14. The fourth-order valence-corrected chi connectivity index (χ4v) is 1.53. The molecule has 2 heterocycles. The number of fused-ring (bicyclic) bond motifs is 1. The summed E-state index contributed by atoms with van der Waals surface area (Å²) in [5.41, 5.74) is 0.247. The van der Waals surface area contributed by atoms with E-state index in [1.54, 1.807) is 18.5 Å². The molecule has 0 fully saturated rings. The summed E-state index contributed by atoms with van der Waals surface area (Å²) in [5.74, 6) is 0. The van der Waals surface area contributed by atoms with Crippen LogP contribution in [0, 0.1) is 6.92 Å². The molecule has 0 saturated carbocycles. The standard InChI is InChI=1S/C7H6N2OS/c1-5-4-8-7-9(6(5)10)2-3-11-7/h2-4H,1H3/i4D. The molecule has 0 amide bonds. The van der Waals surface area contributed by atoms with Crippen LogP contribution in [0.15, 0.2) is 22.5 Å². The molecule has 0 saturated heterocycles. The second-order valence-electron chi connectivity index (χ2n) is 2.21. The van der Waals surface area contributed by atoms with Gasteiger partial charge in [-0.2, -0.15) is 0 Å². The van der Waals surface area contributed by atoms with Gasteiger partial charge in [-0.25, -0.2) is 4.98 Å². The minimum absolute atomic E-state index is 0.0717. The van der Waals surface area contributed by atoms with Crippen LogP contribution in [0.5, 0.6) is 0 Å². The second-order valence-corrected chi connectivity index (χ2v) is 3.08. The first-order valence-electron chi connectivity index (χ1n) is 3.63. The van der Waals surface area contributed by atoms with Crippen molar-refractivity contribution in [2.24, 2.45) is 0 Å². The van der Waals surface area contributed by atoms with Crippen molar-refractivity contribution in [1.82, 2.24) is 9.38 Å². The summed E-state index contributed by atoms with van der Waals surface area (Å²) < 4.78 is 8.82. The predicted octanol–water partition coefficient (Wildman–Crippen LogP) is 1.06. The minimum atomic E-state index is -0.147. The minimum Gasteiger partial charge on any atom is -0.269 e. The quantitative estimate of drug-likeness (QED) is 0.588. The third-order valence-corrected chi connectivity index (χ3v) is 2.20. The van der Waals surface area contributed by atoms with Gasteiger partial charge in [0.15, 0.2) is 4.96 Å². The van der Waals surface area contributed by atoms with Crippen molar-refractivity contribution in [3.63, 3.8) is 0 Å². The maximum Gasteiger partial charge on any atom is 0.261 e. The Hall–Kier alpha value is -1.16. The molecule has 0 N–H and O–H groups in total. The van der Waals surface area contributed by atoms with Crippen molar-refractivity contribution in [1.29, 1.82) is 0 Å². The summed E-state index contributed by atoms with van der Waals surface area (Å²) in [6.07, 6.45) is 1.74. The molecule has 11 heavy (non-hydrogen) atoms. The summed E-state index contributed by atoms with van der Waals surface area (Å²) in [4.78, 5) is 15.9. The maximum atomic E-state index is 11.4. The first kappa shape index (κ1) is 5.49. The zero-order chi connectivity index (χ0) is 8.72. The zero-order valence-corrected chi connectivity index (χ0v) is 6.68. The van der Waals surface area contributed by atoms with E-state index >= 15 is 0 Å². The first-order chi connectivity index (χ1) is 5.70. The molecule has 0 aromatic carbocycles. The van der Waals surface area contributed by atoms with Gasteiger partial charge >= 0.3 is 0 Å². The molecule has 2 rings (SSSR count). The van der Waals surface area contributed by atoms with Crippen LogP contribution < -0.4 is 5.56 Å². The molecule has 2 aromatic heterocycles. The summed E-state index contributed by atoms with van der Waals surface area (Å²) in [6, 6.07) is 0.